The molecule has 1 saturated carbocycles. The Kier molecular flexibility index (Phi) is 5.40. The quantitative estimate of drug-likeness (QED) is 0.844. The highest BCUT2D eigenvalue weighted by Gasteiger charge is 2.43. The number of benzene rings is 1. The van der Waals surface area contributed by atoms with Gasteiger partial charge in [-0.15, -0.1) is 0 Å². The van der Waals surface area contributed by atoms with Gasteiger partial charge >= 0.3 is 0 Å². The Morgan fingerprint density at radius 1 is 1.43 bits per heavy atom. The first-order chi connectivity index (χ1) is 10.9. The molecule has 0 radical (unpaired) electrons. The van der Waals surface area contributed by atoms with Crippen LogP contribution >= 0.6 is 0 Å². The summed E-state index contributed by atoms with van der Waals surface area (Å²) in [7, 11) is 0. The molecule has 0 aromatic heterocycles. The van der Waals surface area contributed by atoms with E-state index in [0.29, 0.717) is 25.9 Å². The van der Waals surface area contributed by atoms with Gasteiger partial charge in [-0.05, 0) is 44.4 Å². The zero-order chi connectivity index (χ0) is 17.0. The molecule has 1 aliphatic carbocycles. The fourth-order valence-corrected chi connectivity index (χ4v) is 3.17. The zero-order valence-electron chi connectivity index (χ0n) is 14.1. The van der Waals surface area contributed by atoms with Gasteiger partial charge in [0.1, 0.15) is 0 Å². The molecule has 5 nitrogen and oxygen atoms in total. The van der Waals surface area contributed by atoms with Crippen molar-refractivity contribution in [3.63, 3.8) is 0 Å². The molecule has 23 heavy (non-hydrogen) atoms. The predicted octanol–water partition coefficient (Wildman–Crippen LogP) is 2.23. The summed E-state index contributed by atoms with van der Waals surface area (Å²) in [6, 6.07) is 8.09. The van der Waals surface area contributed by atoms with Crippen molar-refractivity contribution in [3.05, 3.63) is 29.3 Å². The number of aryl methyl sites for hydroxylation is 2. The van der Waals surface area contributed by atoms with E-state index in [9.17, 15) is 9.90 Å². The van der Waals surface area contributed by atoms with Gasteiger partial charge in [0.25, 0.3) is 0 Å². The lowest BCUT2D eigenvalue weighted by molar-refractivity contribution is -0.119. The lowest BCUT2D eigenvalue weighted by Crippen LogP contribution is -2.53. The summed E-state index contributed by atoms with van der Waals surface area (Å²) in [5.41, 5.74) is 2.11. The number of nitrogens with zero attached hydrogens (tertiary/aromatic N) is 2. The van der Waals surface area contributed by atoms with Crippen molar-refractivity contribution in [2.75, 3.05) is 25.0 Å². The minimum atomic E-state index is -0.824. The van der Waals surface area contributed by atoms with Crippen LogP contribution in [0, 0.1) is 31.1 Å². The zero-order valence-corrected chi connectivity index (χ0v) is 14.1. The first-order valence-electron chi connectivity index (χ1n) is 8.07. The van der Waals surface area contributed by atoms with Crippen molar-refractivity contribution in [2.45, 2.75) is 39.2 Å². The second kappa shape index (κ2) is 7.12. The summed E-state index contributed by atoms with van der Waals surface area (Å²) in [5.74, 6) is -0.133. The third-order valence-electron chi connectivity index (χ3n) is 4.51. The van der Waals surface area contributed by atoms with Crippen LogP contribution in [0.4, 0.5) is 5.69 Å². The van der Waals surface area contributed by atoms with E-state index in [-0.39, 0.29) is 18.4 Å². The normalized spacial score (nSPS) is 23.2. The number of likely N-dealkylation sites (N-methyl/N-ethyl adjacent to an activating group) is 1. The van der Waals surface area contributed by atoms with Crippen LogP contribution in [0.3, 0.4) is 0 Å². The number of para-hydroxylation sites is 1. The number of rotatable bonds is 6. The van der Waals surface area contributed by atoms with Crippen LogP contribution in [0.5, 0.6) is 0 Å². The smallest absolute Gasteiger partial charge is 0.238 e. The van der Waals surface area contributed by atoms with Gasteiger partial charge in [0.05, 0.1) is 24.1 Å². The van der Waals surface area contributed by atoms with Gasteiger partial charge in [-0.25, -0.2) is 0 Å². The Morgan fingerprint density at radius 2 is 2.04 bits per heavy atom. The molecule has 1 aromatic rings. The average molecular weight is 315 g/mol. The monoisotopic (exact) mass is 315 g/mol. The molecule has 124 valence electrons. The van der Waals surface area contributed by atoms with E-state index in [0.717, 1.165) is 16.8 Å². The van der Waals surface area contributed by atoms with Crippen LogP contribution in [0.25, 0.3) is 0 Å². The molecular weight excluding hydrogens is 290 g/mol. The summed E-state index contributed by atoms with van der Waals surface area (Å²) < 4.78 is 0. The van der Waals surface area contributed by atoms with Crippen molar-refractivity contribution in [2.24, 2.45) is 5.92 Å². The maximum absolute atomic E-state index is 12.3. The summed E-state index contributed by atoms with van der Waals surface area (Å²) in [4.78, 5) is 14.2. The molecule has 0 spiro atoms. The predicted molar refractivity (Wildman–Crippen MR) is 89.9 cm³/mol. The van der Waals surface area contributed by atoms with Crippen molar-refractivity contribution in [1.29, 1.82) is 5.26 Å². The molecule has 1 amide bonds. The summed E-state index contributed by atoms with van der Waals surface area (Å²) >= 11 is 0. The minimum absolute atomic E-state index is 0.0536. The second-order valence-corrected chi connectivity index (χ2v) is 6.58. The number of hydrogen-bond donors (Lipinski definition) is 2. The Hall–Kier alpha value is -1.90. The third-order valence-corrected chi connectivity index (χ3v) is 4.51. The standard InChI is InChI=1S/C18H25N3O2/c1-4-21(12-18(23)8-15(9-18)10-19)11-16(22)20-17-13(2)6-5-7-14(17)3/h5-7,15,23H,4,8-9,11-12H2,1-3H3,(H,20,22). The van der Waals surface area contributed by atoms with Gasteiger partial charge < -0.3 is 10.4 Å². The highest BCUT2D eigenvalue weighted by Crippen LogP contribution is 2.37. The van der Waals surface area contributed by atoms with Crippen molar-refractivity contribution >= 4 is 11.6 Å². The molecule has 0 aliphatic heterocycles. The first-order valence-corrected chi connectivity index (χ1v) is 8.07. The average Bonchev–Trinajstić information content (AvgIpc) is 2.47. The van der Waals surface area contributed by atoms with Crippen LogP contribution in [-0.2, 0) is 4.79 Å². The van der Waals surface area contributed by atoms with E-state index in [1.165, 1.54) is 0 Å². The van der Waals surface area contributed by atoms with Crippen LogP contribution < -0.4 is 5.32 Å². The molecular formula is C18H25N3O2. The van der Waals surface area contributed by atoms with Gasteiger partial charge in [0.2, 0.25) is 5.91 Å². The van der Waals surface area contributed by atoms with Gasteiger partial charge in [-0.2, -0.15) is 5.26 Å². The van der Waals surface area contributed by atoms with Crippen molar-refractivity contribution in [3.8, 4) is 6.07 Å². The van der Waals surface area contributed by atoms with Gasteiger partial charge in [0, 0.05) is 12.2 Å². The van der Waals surface area contributed by atoms with E-state index < -0.39 is 5.60 Å². The van der Waals surface area contributed by atoms with Crippen LogP contribution in [-0.4, -0.2) is 41.1 Å². The lowest BCUT2D eigenvalue weighted by atomic mass is 9.71. The Labute approximate surface area is 137 Å². The van der Waals surface area contributed by atoms with Crippen molar-refractivity contribution < 1.29 is 9.90 Å². The Bertz CT molecular complexity index is 595. The fraction of sp³-hybridized carbons (Fsp3) is 0.556. The summed E-state index contributed by atoms with van der Waals surface area (Å²) in [6.45, 7) is 7.26. The van der Waals surface area contributed by atoms with Crippen molar-refractivity contribution in [1.82, 2.24) is 4.90 Å². The van der Waals surface area contributed by atoms with E-state index in [2.05, 4.69) is 11.4 Å². The lowest BCUT2D eigenvalue weighted by Gasteiger charge is -2.43. The summed E-state index contributed by atoms with van der Waals surface area (Å²) in [5, 5.41) is 22.2. The number of carbonyl (C=O) groups is 1. The van der Waals surface area contributed by atoms with E-state index >= 15 is 0 Å². The van der Waals surface area contributed by atoms with Gasteiger partial charge in [0.15, 0.2) is 0 Å². The number of carbonyl (C=O) groups excluding carboxylic acids is 1. The van der Waals surface area contributed by atoms with Gasteiger partial charge in [-0.1, -0.05) is 25.1 Å². The molecule has 0 atom stereocenters. The van der Waals surface area contributed by atoms with Gasteiger partial charge in [-0.3, -0.25) is 9.69 Å². The fourth-order valence-electron chi connectivity index (χ4n) is 3.17. The topological polar surface area (TPSA) is 76.4 Å². The number of aliphatic hydroxyl groups is 1. The van der Waals surface area contributed by atoms with E-state index in [1.807, 2.05) is 43.9 Å². The SMILES string of the molecule is CCN(CC(=O)Nc1c(C)cccc1C)CC1(O)CC(C#N)C1. The van der Waals surface area contributed by atoms with E-state index in [1.54, 1.807) is 0 Å². The summed E-state index contributed by atoms with van der Waals surface area (Å²) in [6.07, 6.45) is 0.997. The molecule has 0 heterocycles. The van der Waals surface area contributed by atoms with Crippen LogP contribution in [0.15, 0.2) is 18.2 Å². The number of anilines is 1. The molecule has 0 unspecified atom stereocenters. The third kappa shape index (κ3) is 4.31. The number of nitrogens with one attached hydrogen (secondary N) is 1. The highest BCUT2D eigenvalue weighted by atomic mass is 16.3. The molecule has 2 N–H and O–H groups in total. The second-order valence-electron chi connectivity index (χ2n) is 6.58. The Balaban J connectivity index is 1.92. The molecule has 1 fully saturated rings. The first kappa shape index (κ1) is 17.5. The number of nitriles is 1. The maximum atomic E-state index is 12.3. The number of amides is 1. The van der Waals surface area contributed by atoms with Crippen LogP contribution in [0.1, 0.15) is 30.9 Å². The molecule has 0 bridgehead atoms. The maximum Gasteiger partial charge on any atom is 0.238 e. The molecule has 1 aromatic carbocycles. The minimum Gasteiger partial charge on any atom is -0.388 e. The largest absolute Gasteiger partial charge is 0.388 e. The number of hydrogen-bond acceptors (Lipinski definition) is 4. The molecule has 2 rings (SSSR count). The Morgan fingerprint density at radius 3 is 2.57 bits per heavy atom. The van der Waals surface area contributed by atoms with E-state index in [4.69, 9.17) is 5.26 Å². The van der Waals surface area contributed by atoms with Crippen LogP contribution in [0.2, 0.25) is 0 Å². The molecule has 5 heteroatoms. The molecule has 0 saturated heterocycles. The highest BCUT2D eigenvalue weighted by molar-refractivity contribution is 5.93. The molecule has 1 aliphatic rings.